The molecule has 2 aromatic rings. The summed E-state index contributed by atoms with van der Waals surface area (Å²) in [6.07, 6.45) is 7.01. The van der Waals surface area contributed by atoms with Gasteiger partial charge < -0.3 is 19.1 Å². The van der Waals surface area contributed by atoms with Crippen molar-refractivity contribution < 1.29 is 19.0 Å². The maximum absolute atomic E-state index is 12.9. The number of carbonyl (C=O) groups excluding carboxylic acids is 1. The third kappa shape index (κ3) is 5.33. The SMILES string of the molecule is COc1cc(CN2C(=O)CC[C@H]3CN(C/C=C/c4ccccc4)CC[C@H]32)cc(OC)c1OC. The molecule has 0 unspecified atom stereocenters. The van der Waals surface area contributed by atoms with Crippen molar-refractivity contribution in [3.63, 3.8) is 0 Å². The number of amides is 1. The average molecular weight is 451 g/mol. The summed E-state index contributed by atoms with van der Waals surface area (Å²) >= 11 is 0. The Morgan fingerprint density at radius 2 is 1.73 bits per heavy atom. The number of benzene rings is 2. The van der Waals surface area contributed by atoms with Gasteiger partial charge in [-0.3, -0.25) is 9.69 Å². The van der Waals surface area contributed by atoms with E-state index in [1.807, 2.05) is 18.2 Å². The van der Waals surface area contributed by atoms with E-state index in [1.54, 1.807) is 21.3 Å². The maximum Gasteiger partial charge on any atom is 0.223 e. The average Bonchev–Trinajstić information content (AvgIpc) is 2.85. The number of hydrogen-bond donors (Lipinski definition) is 0. The standard InChI is InChI=1S/C27H34N2O4/c1-31-24-16-21(17-25(32-2)27(24)33-3)18-29-23-13-15-28(19-22(23)11-12-26(29)30)14-7-10-20-8-5-4-6-9-20/h4-10,16-17,22-23H,11-15,18-19H2,1-3H3/b10-7+/t22-,23+/m0/s1. The van der Waals surface area contributed by atoms with Crippen LogP contribution >= 0.6 is 0 Å². The first-order valence-electron chi connectivity index (χ1n) is 11.6. The molecule has 2 heterocycles. The predicted octanol–water partition coefficient (Wildman–Crippen LogP) is 4.24. The highest BCUT2D eigenvalue weighted by atomic mass is 16.5. The molecule has 0 aliphatic carbocycles. The fourth-order valence-electron chi connectivity index (χ4n) is 5.12. The van der Waals surface area contributed by atoms with Gasteiger partial charge in [-0.15, -0.1) is 0 Å². The summed E-state index contributed by atoms with van der Waals surface area (Å²) < 4.78 is 16.4. The number of piperidine rings is 2. The zero-order chi connectivity index (χ0) is 23.2. The molecule has 6 heteroatoms. The molecule has 2 aliphatic rings. The molecule has 33 heavy (non-hydrogen) atoms. The molecule has 2 fully saturated rings. The summed E-state index contributed by atoms with van der Waals surface area (Å²) in [6, 6.07) is 14.6. The second kappa shape index (κ2) is 10.8. The Morgan fingerprint density at radius 3 is 2.39 bits per heavy atom. The summed E-state index contributed by atoms with van der Waals surface area (Å²) in [4.78, 5) is 17.5. The third-order valence-corrected chi connectivity index (χ3v) is 6.78. The third-order valence-electron chi connectivity index (χ3n) is 6.78. The van der Waals surface area contributed by atoms with E-state index in [2.05, 4.69) is 46.2 Å². The Labute approximate surface area is 196 Å². The number of likely N-dealkylation sites (tertiary alicyclic amines) is 2. The molecule has 2 atom stereocenters. The van der Waals surface area contributed by atoms with Gasteiger partial charge in [0.05, 0.1) is 21.3 Å². The normalized spacial score (nSPS) is 21.2. The van der Waals surface area contributed by atoms with E-state index in [9.17, 15) is 4.79 Å². The van der Waals surface area contributed by atoms with Gasteiger partial charge in [0.15, 0.2) is 11.5 Å². The van der Waals surface area contributed by atoms with Gasteiger partial charge in [-0.2, -0.15) is 0 Å². The van der Waals surface area contributed by atoms with Crippen molar-refractivity contribution in [2.45, 2.75) is 31.8 Å². The second-order valence-corrected chi connectivity index (χ2v) is 8.78. The molecule has 4 rings (SSSR count). The molecule has 0 aromatic heterocycles. The topological polar surface area (TPSA) is 51.2 Å². The van der Waals surface area contributed by atoms with Crippen LogP contribution in [0, 0.1) is 5.92 Å². The molecule has 2 aromatic carbocycles. The fraction of sp³-hybridized carbons (Fsp3) is 0.444. The van der Waals surface area contributed by atoms with Crippen LogP contribution in [0.2, 0.25) is 0 Å². The van der Waals surface area contributed by atoms with Crippen LogP contribution in [0.15, 0.2) is 48.5 Å². The van der Waals surface area contributed by atoms with Gasteiger partial charge >= 0.3 is 0 Å². The molecule has 6 nitrogen and oxygen atoms in total. The van der Waals surface area contributed by atoms with Gasteiger partial charge in [0.25, 0.3) is 0 Å². The fourth-order valence-corrected chi connectivity index (χ4v) is 5.12. The zero-order valence-corrected chi connectivity index (χ0v) is 19.8. The van der Waals surface area contributed by atoms with E-state index in [4.69, 9.17) is 14.2 Å². The van der Waals surface area contributed by atoms with E-state index in [-0.39, 0.29) is 11.9 Å². The molecular formula is C27H34N2O4. The van der Waals surface area contributed by atoms with Gasteiger partial charge in [-0.25, -0.2) is 0 Å². The number of fused-ring (bicyclic) bond motifs is 1. The second-order valence-electron chi connectivity index (χ2n) is 8.78. The molecule has 2 aliphatic heterocycles. The van der Waals surface area contributed by atoms with E-state index < -0.39 is 0 Å². The number of carbonyl (C=O) groups is 1. The van der Waals surface area contributed by atoms with Crippen molar-refractivity contribution >= 4 is 12.0 Å². The van der Waals surface area contributed by atoms with Crippen LogP contribution < -0.4 is 14.2 Å². The minimum atomic E-state index is 0.238. The van der Waals surface area contributed by atoms with Crippen LogP contribution in [0.1, 0.15) is 30.4 Å². The summed E-state index contributed by atoms with van der Waals surface area (Å²) in [5, 5.41) is 0. The quantitative estimate of drug-likeness (QED) is 0.602. The Morgan fingerprint density at radius 1 is 1.00 bits per heavy atom. The van der Waals surface area contributed by atoms with Crippen LogP contribution in [0.25, 0.3) is 6.08 Å². The van der Waals surface area contributed by atoms with Gasteiger partial charge in [0, 0.05) is 38.6 Å². The Hall–Kier alpha value is -2.99. The summed E-state index contributed by atoms with van der Waals surface area (Å²) in [5.74, 6) is 2.55. The van der Waals surface area contributed by atoms with Crippen molar-refractivity contribution in [1.82, 2.24) is 9.80 Å². The smallest absolute Gasteiger partial charge is 0.223 e. The number of hydrogen-bond acceptors (Lipinski definition) is 5. The van der Waals surface area contributed by atoms with Crippen molar-refractivity contribution in [1.29, 1.82) is 0 Å². The summed E-state index contributed by atoms with van der Waals surface area (Å²) in [7, 11) is 4.83. The van der Waals surface area contributed by atoms with Gasteiger partial charge in [0.1, 0.15) is 0 Å². The summed E-state index contributed by atoms with van der Waals surface area (Å²) in [6.45, 7) is 3.53. The summed E-state index contributed by atoms with van der Waals surface area (Å²) in [5.41, 5.74) is 2.22. The highest BCUT2D eigenvalue weighted by Crippen LogP contribution is 2.39. The number of methoxy groups -OCH3 is 3. The molecule has 0 bridgehead atoms. The van der Waals surface area contributed by atoms with Crippen LogP contribution in [-0.2, 0) is 11.3 Å². The molecule has 0 saturated carbocycles. The Balaban J connectivity index is 1.43. The highest BCUT2D eigenvalue weighted by Gasteiger charge is 2.39. The van der Waals surface area contributed by atoms with Crippen molar-refractivity contribution in [2.24, 2.45) is 5.92 Å². The van der Waals surface area contributed by atoms with E-state index in [0.717, 1.165) is 38.0 Å². The first kappa shape index (κ1) is 23.2. The van der Waals surface area contributed by atoms with Crippen molar-refractivity contribution in [3.05, 3.63) is 59.7 Å². The monoisotopic (exact) mass is 450 g/mol. The molecule has 0 N–H and O–H groups in total. The zero-order valence-electron chi connectivity index (χ0n) is 19.8. The lowest BCUT2D eigenvalue weighted by Gasteiger charge is -2.47. The lowest BCUT2D eigenvalue weighted by atomic mass is 9.83. The molecule has 176 valence electrons. The van der Waals surface area contributed by atoms with Gasteiger partial charge in [-0.05, 0) is 42.0 Å². The molecule has 0 spiro atoms. The number of ether oxygens (including phenoxy) is 3. The first-order chi connectivity index (χ1) is 16.1. The predicted molar refractivity (Wildman–Crippen MR) is 130 cm³/mol. The molecular weight excluding hydrogens is 416 g/mol. The van der Waals surface area contributed by atoms with Crippen LogP contribution in [0.3, 0.4) is 0 Å². The lowest BCUT2D eigenvalue weighted by molar-refractivity contribution is -0.141. The lowest BCUT2D eigenvalue weighted by Crippen LogP contribution is -2.55. The molecule has 1 amide bonds. The van der Waals surface area contributed by atoms with Crippen molar-refractivity contribution in [2.75, 3.05) is 41.0 Å². The van der Waals surface area contributed by atoms with E-state index >= 15 is 0 Å². The molecule has 2 saturated heterocycles. The van der Waals surface area contributed by atoms with Gasteiger partial charge in [0.2, 0.25) is 11.7 Å². The highest BCUT2D eigenvalue weighted by molar-refractivity contribution is 5.77. The largest absolute Gasteiger partial charge is 0.493 e. The minimum absolute atomic E-state index is 0.238. The first-order valence-corrected chi connectivity index (χ1v) is 11.6. The van der Waals surface area contributed by atoms with Crippen LogP contribution in [0.5, 0.6) is 17.2 Å². The van der Waals surface area contributed by atoms with Crippen LogP contribution in [-0.4, -0.2) is 62.7 Å². The minimum Gasteiger partial charge on any atom is -0.493 e. The molecule has 0 radical (unpaired) electrons. The Bertz CT molecular complexity index is 950. The van der Waals surface area contributed by atoms with Crippen molar-refractivity contribution in [3.8, 4) is 17.2 Å². The number of nitrogens with zero attached hydrogens (tertiary/aromatic N) is 2. The van der Waals surface area contributed by atoms with Crippen LogP contribution in [0.4, 0.5) is 0 Å². The van der Waals surface area contributed by atoms with Gasteiger partial charge in [-0.1, -0.05) is 42.5 Å². The Kier molecular flexibility index (Phi) is 7.55. The maximum atomic E-state index is 12.9. The number of rotatable bonds is 8. The van der Waals surface area contributed by atoms with E-state index in [0.29, 0.717) is 36.1 Å². The van der Waals surface area contributed by atoms with E-state index in [1.165, 1.54) is 5.56 Å².